The Kier molecular flexibility index (Phi) is 7.90. The highest BCUT2D eigenvalue weighted by Gasteiger charge is 2.12. The lowest BCUT2D eigenvalue weighted by molar-refractivity contribution is 0.465. The summed E-state index contributed by atoms with van der Waals surface area (Å²) in [5, 5.41) is 3.15. The van der Waals surface area contributed by atoms with E-state index in [1.165, 1.54) is 0 Å². The van der Waals surface area contributed by atoms with Crippen LogP contribution in [-0.4, -0.2) is 53.0 Å². The highest BCUT2D eigenvalue weighted by molar-refractivity contribution is 7.89. The Labute approximate surface area is 133 Å². The van der Waals surface area contributed by atoms with Crippen molar-refractivity contribution in [3.8, 4) is 0 Å². The minimum Gasteiger partial charge on any atom is -0.355 e. The van der Waals surface area contributed by atoms with Crippen molar-refractivity contribution in [3.05, 3.63) is 30.3 Å². The number of rotatable bonds is 8. The van der Waals surface area contributed by atoms with Crippen LogP contribution in [0.2, 0.25) is 0 Å². The Morgan fingerprint density at radius 2 is 1.91 bits per heavy atom. The van der Waals surface area contributed by atoms with Gasteiger partial charge in [0.25, 0.3) is 0 Å². The van der Waals surface area contributed by atoms with E-state index in [2.05, 4.69) is 22.0 Å². The van der Waals surface area contributed by atoms with E-state index in [-0.39, 0.29) is 4.90 Å². The Morgan fingerprint density at radius 3 is 2.50 bits per heavy atom. The molecular formula is C15H26N4O2S. The SMILES string of the molecule is CCCCN(C)C(=NC)NCCNS(=O)(=O)c1ccccc1. The molecule has 1 rings (SSSR count). The summed E-state index contributed by atoms with van der Waals surface area (Å²) >= 11 is 0. The van der Waals surface area contributed by atoms with E-state index in [4.69, 9.17) is 0 Å². The summed E-state index contributed by atoms with van der Waals surface area (Å²) in [5.74, 6) is 0.771. The monoisotopic (exact) mass is 326 g/mol. The van der Waals surface area contributed by atoms with Crippen LogP contribution >= 0.6 is 0 Å². The first-order chi connectivity index (χ1) is 10.5. The third kappa shape index (κ3) is 6.03. The van der Waals surface area contributed by atoms with E-state index in [1.54, 1.807) is 37.4 Å². The van der Waals surface area contributed by atoms with Crippen molar-refractivity contribution in [1.82, 2.24) is 14.9 Å². The van der Waals surface area contributed by atoms with Gasteiger partial charge < -0.3 is 10.2 Å². The molecule has 6 nitrogen and oxygen atoms in total. The third-order valence-corrected chi connectivity index (χ3v) is 4.65. The molecule has 0 aliphatic rings. The van der Waals surface area contributed by atoms with E-state index < -0.39 is 10.0 Å². The first-order valence-electron chi connectivity index (χ1n) is 7.47. The number of benzene rings is 1. The second kappa shape index (κ2) is 9.42. The van der Waals surface area contributed by atoms with Crippen LogP contribution in [0.25, 0.3) is 0 Å². The molecule has 22 heavy (non-hydrogen) atoms. The maximum absolute atomic E-state index is 12.0. The summed E-state index contributed by atoms with van der Waals surface area (Å²) in [5.41, 5.74) is 0. The normalized spacial score (nSPS) is 12.2. The summed E-state index contributed by atoms with van der Waals surface area (Å²) in [6.07, 6.45) is 2.22. The zero-order valence-electron chi connectivity index (χ0n) is 13.5. The molecule has 2 N–H and O–H groups in total. The molecule has 0 bridgehead atoms. The van der Waals surface area contributed by atoms with Crippen LogP contribution in [0, 0.1) is 0 Å². The fraction of sp³-hybridized carbons (Fsp3) is 0.533. The number of nitrogens with zero attached hydrogens (tertiary/aromatic N) is 2. The standard InChI is InChI=1S/C15H26N4O2S/c1-4-5-13-19(3)15(16-2)17-11-12-18-22(20,21)14-9-7-6-8-10-14/h6-10,18H,4-5,11-13H2,1-3H3,(H,16,17). The van der Waals surface area contributed by atoms with Gasteiger partial charge in [-0.15, -0.1) is 0 Å². The molecule has 0 spiro atoms. The zero-order chi connectivity index (χ0) is 16.4. The topological polar surface area (TPSA) is 73.8 Å². The summed E-state index contributed by atoms with van der Waals surface area (Å²) < 4.78 is 26.7. The fourth-order valence-electron chi connectivity index (χ4n) is 1.93. The van der Waals surface area contributed by atoms with Gasteiger partial charge >= 0.3 is 0 Å². The molecule has 0 atom stereocenters. The first-order valence-corrected chi connectivity index (χ1v) is 8.96. The maximum Gasteiger partial charge on any atom is 0.240 e. The molecule has 0 unspecified atom stereocenters. The van der Waals surface area contributed by atoms with Crippen molar-refractivity contribution in [2.45, 2.75) is 24.7 Å². The van der Waals surface area contributed by atoms with Gasteiger partial charge in [-0.2, -0.15) is 0 Å². The Hall–Kier alpha value is -1.60. The molecule has 124 valence electrons. The van der Waals surface area contributed by atoms with Gasteiger partial charge in [-0.25, -0.2) is 13.1 Å². The van der Waals surface area contributed by atoms with Crippen LogP contribution in [0.1, 0.15) is 19.8 Å². The van der Waals surface area contributed by atoms with Crippen molar-refractivity contribution in [2.24, 2.45) is 4.99 Å². The molecule has 7 heteroatoms. The summed E-state index contributed by atoms with van der Waals surface area (Å²) in [6.45, 7) is 3.85. The summed E-state index contributed by atoms with van der Waals surface area (Å²) in [7, 11) is 0.250. The van der Waals surface area contributed by atoms with E-state index in [1.807, 2.05) is 11.9 Å². The predicted molar refractivity (Wildman–Crippen MR) is 90.5 cm³/mol. The Bertz CT molecular complexity index is 558. The largest absolute Gasteiger partial charge is 0.355 e. The Balaban J connectivity index is 2.41. The molecule has 0 saturated carbocycles. The van der Waals surface area contributed by atoms with Gasteiger partial charge in [0.05, 0.1) is 4.90 Å². The quantitative estimate of drug-likeness (QED) is 0.429. The number of nitrogens with one attached hydrogen (secondary N) is 2. The fourth-order valence-corrected chi connectivity index (χ4v) is 2.98. The van der Waals surface area contributed by atoms with Gasteiger partial charge in [0.1, 0.15) is 0 Å². The van der Waals surface area contributed by atoms with Crippen molar-refractivity contribution in [2.75, 3.05) is 33.7 Å². The van der Waals surface area contributed by atoms with Crippen molar-refractivity contribution in [1.29, 1.82) is 0 Å². The second-order valence-electron chi connectivity index (χ2n) is 4.96. The number of hydrogen-bond donors (Lipinski definition) is 2. The van der Waals surface area contributed by atoms with Crippen molar-refractivity contribution in [3.63, 3.8) is 0 Å². The third-order valence-electron chi connectivity index (χ3n) is 3.17. The van der Waals surface area contributed by atoms with Crippen LogP contribution in [0.3, 0.4) is 0 Å². The van der Waals surface area contributed by atoms with E-state index in [9.17, 15) is 8.42 Å². The van der Waals surface area contributed by atoms with E-state index in [0.29, 0.717) is 13.1 Å². The minimum atomic E-state index is -3.44. The molecule has 0 saturated heterocycles. The second-order valence-corrected chi connectivity index (χ2v) is 6.73. The molecule has 0 aliphatic carbocycles. The summed E-state index contributed by atoms with van der Waals surface area (Å²) in [4.78, 5) is 6.50. The van der Waals surface area contributed by atoms with E-state index in [0.717, 1.165) is 25.3 Å². The minimum absolute atomic E-state index is 0.277. The van der Waals surface area contributed by atoms with E-state index >= 15 is 0 Å². The predicted octanol–water partition coefficient (Wildman–Crippen LogP) is 1.27. The average Bonchev–Trinajstić information content (AvgIpc) is 2.53. The summed E-state index contributed by atoms with van der Waals surface area (Å²) in [6, 6.07) is 8.35. The highest BCUT2D eigenvalue weighted by Crippen LogP contribution is 2.06. The van der Waals surface area contributed by atoms with Crippen molar-refractivity contribution >= 4 is 16.0 Å². The van der Waals surface area contributed by atoms with Crippen LogP contribution in [-0.2, 0) is 10.0 Å². The molecular weight excluding hydrogens is 300 g/mol. The molecule has 0 amide bonds. The molecule has 0 aliphatic heterocycles. The Morgan fingerprint density at radius 1 is 1.23 bits per heavy atom. The first kappa shape index (κ1) is 18.4. The maximum atomic E-state index is 12.0. The van der Waals surface area contributed by atoms with Gasteiger partial charge in [0.15, 0.2) is 5.96 Å². The highest BCUT2D eigenvalue weighted by atomic mass is 32.2. The number of hydrogen-bond acceptors (Lipinski definition) is 3. The zero-order valence-corrected chi connectivity index (χ0v) is 14.4. The lowest BCUT2D eigenvalue weighted by Gasteiger charge is -2.21. The van der Waals surface area contributed by atoms with Crippen molar-refractivity contribution < 1.29 is 8.42 Å². The number of guanidine groups is 1. The van der Waals surface area contributed by atoms with Crippen LogP contribution < -0.4 is 10.0 Å². The molecule has 1 aromatic rings. The molecule has 1 aromatic carbocycles. The number of sulfonamides is 1. The van der Waals surface area contributed by atoms with Gasteiger partial charge in [-0.3, -0.25) is 4.99 Å². The average molecular weight is 326 g/mol. The molecule has 0 fully saturated rings. The lowest BCUT2D eigenvalue weighted by Crippen LogP contribution is -2.42. The van der Waals surface area contributed by atoms with Crippen LogP contribution in [0.4, 0.5) is 0 Å². The smallest absolute Gasteiger partial charge is 0.240 e. The molecule has 0 heterocycles. The molecule has 0 aromatic heterocycles. The number of unbranched alkanes of at least 4 members (excludes halogenated alkanes) is 1. The number of aliphatic imine (C=N–C) groups is 1. The van der Waals surface area contributed by atoms with Gasteiger partial charge in [-0.1, -0.05) is 31.5 Å². The van der Waals surface area contributed by atoms with Gasteiger partial charge in [0, 0.05) is 33.7 Å². The lowest BCUT2D eigenvalue weighted by atomic mass is 10.3. The molecule has 0 radical (unpaired) electrons. The van der Waals surface area contributed by atoms with Gasteiger partial charge in [-0.05, 0) is 18.6 Å². The van der Waals surface area contributed by atoms with Gasteiger partial charge in [0.2, 0.25) is 10.0 Å². The van der Waals surface area contributed by atoms with Crippen LogP contribution in [0.15, 0.2) is 40.2 Å². The van der Waals surface area contributed by atoms with Crippen LogP contribution in [0.5, 0.6) is 0 Å².